The van der Waals surface area contributed by atoms with Crippen LogP contribution < -0.4 is 0 Å². The molecule has 0 aromatic rings. The lowest BCUT2D eigenvalue weighted by molar-refractivity contribution is 0.304. The molecule has 0 aliphatic heterocycles. The Kier molecular flexibility index (Phi) is 16.4. The highest BCUT2D eigenvalue weighted by atomic mass is 27.2. The number of rotatable bonds is 15. The van der Waals surface area contributed by atoms with Crippen LogP contribution >= 0.6 is 0 Å². The van der Waals surface area contributed by atoms with Gasteiger partial charge in [-0.15, -0.1) is 0 Å². The van der Waals surface area contributed by atoms with Crippen LogP contribution in [-0.4, -0.2) is 50.8 Å². The van der Waals surface area contributed by atoms with E-state index in [4.69, 9.17) is 11.1 Å². The van der Waals surface area contributed by atoms with E-state index in [0.717, 1.165) is 15.8 Å². The van der Waals surface area contributed by atoms with E-state index in [1.807, 2.05) is 0 Å². The predicted molar refractivity (Wildman–Crippen MR) is 117 cm³/mol. The van der Waals surface area contributed by atoms with Crippen LogP contribution in [0.2, 0.25) is 31.7 Å². The summed E-state index contributed by atoms with van der Waals surface area (Å²) in [5.41, 5.74) is 0. The minimum absolute atomic E-state index is 0.360. The molecule has 7 heteroatoms. The van der Waals surface area contributed by atoms with Gasteiger partial charge in [-0.05, 0) is 0 Å². The SMILES string of the molecule is C[CH2][Al]([CH2]C(C)C)[O]B([O][Al]([CH2]C)[CH2]C(C)C)[O][Al]([CH2]C)[CH2]C(C)C. The third kappa shape index (κ3) is 14.2. The first-order valence-electron chi connectivity index (χ1n) is 10.7. The Morgan fingerprint density at radius 1 is 0.560 bits per heavy atom. The summed E-state index contributed by atoms with van der Waals surface area (Å²) in [7, 11) is -0.360. The third-order valence-corrected chi connectivity index (χ3v) is 13.4. The standard InChI is InChI=1S/3C4H9.3C2H5.3Al.BO3/c3*1-4(2)3;3*1-2;;;;2-1(3)4/h3*4H,1H2,2-3H3;3*1H2,2H3;;;;/q;;;;;;3*+1;-3. The van der Waals surface area contributed by atoms with Crippen LogP contribution in [0.25, 0.3) is 0 Å². The normalized spacial score (nSPS) is 11.5. The van der Waals surface area contributed by atoms with Crippen LogP contribution in [-0.2, 0) is 11.1 Å². The van der Waals surface area contributed by atoms with Crippen molar-refractivity contribution in [2.45, 2.75) is 94.0 Å². The average Bonchev–Trinajstić information content (AvgIpc) is 2.51. The van der Waals surface area contributed by atoms with Gasteiger partial charge in [0.1, 0.15) is 0 Å². The summed E-state index contributed by atoms with van der Waals surface area (Å²) in [6.07, 6.45) is 0. The van der Waals surface area contributed by atoms with Gasteiger partial charge in [0.15, 0.2) is 0 Å². The molecule has 0 saturated carbocycles. The molecule has 0 heterocycles. The summed E-state index contributed by atoms with van der Waals surface area (Å²) in [5, 5.41) is 7.12. The van der Waals surface area contributed by atoms with Gasteiger partial charge in [0.2, 0.25) is 0 Å². The molecule has 3 nitrogen and oxygen atoms in total. The van der Waals surface area contributed by atoms with Crippen molar-refractivity contribution < 1.29 is 11.1 Å². The van der Waals surface area contributed by atoms with Crippen LogP contribution in [0.4, 0.5) is 0 Å². The van der Waals surface area contributed by atoms with E-state index in [2.05, 4.69) is 62.3 Å². The van der Waals surface area contributed by atoms with Crippen LogP contribution in [0.5, 0.6) is 0 Å². The fourth-order valence-electron chi connectivity index (χ4n) is 3.10. The topological polar surface area (TPSA) is 27.7 Å². The summed E-state index contributed by atoms with van der Waals surface area (Å²) < 4.78 is 19.5. The van der Waals surface area contributed by atoms with Gasteiger partial charge in [0, 0.05) is 0 Å². The quantitative estimate of drug-likeness (QED) is 0.316. The molecule has 0 fully saturated rings. The smallest absolute Gasteiger partial charge is 0.521 e. The van der Waals surface area contributed by atoms with Crippen LogP contribution in [0, 0.1) is 17.8 Å². The largest absolute Gasteiger partial charge is 0.547 e. The van der Waals surface area contributed by atoms with Crippen LogP contribution in [0.15, 0.2) is 0 Å². The lowest BCUT2D eigenvalue weighted by Gasteiger charge is -2.27. The van der Waals surface area contributed by atoms with E-state index < -0.39 is 43.4 Å². The first kappa shape index (κ1) is 26.5. The van der Waals surface area contributed by atoms with E-state index in [1.165, 1.54) is 15.8 Å². The highest BCUT2D eigenvalue weighted by Gasteiger charge is 2.36. The van der Waals surface area contributed by atoms with Gasteiger partial charge in [-0.2, -0.15) is 0 Å². The summed E-state index contributed by atoms with van der Waals surface area (Å²) in [4.78, 5) is 0. The van der Waals surface area contributed by atoms with Crippen molar-refractivity contribution in [1.29, 1.82) is 0 Å². The molecule has 25 heavy (non-hydrogen) atoms. The monoisotopic (exact) mass is 398 g/mol. The molecule has 0 radical (unpaired) electrons. The Balaban J connectivity index is 4.99. The first-order chi connectivity index (χ1) is 11.7. The Hall–Kier alpha value is 1.54. The lowest BCUT2D eigenvalue weighted by Crippen LogP contribution is -2.43. The molecule has 0 spiro atoms. The molecular weight excluding hydrogens is 356 g/mol. The van der Waals surface area contributed by atoms with Crippen molar-refractivity contribution in [3.63, 3.8) is 0 Å². The molecular formula is C18H42Al3BO3. The van der Waals surface area contributed by atoms with Crippen LogP contribution in [0.1, 0.15) is 62.3 Å². The Labute approximate surface area is 172 Å². The maximum atomic E-state index is 6.50. The van der Waals surface area contributed by atoms with E-state index in [-0.39, 0.29) is 7.32 Å². The zero-order valence-corrected chi connectivity index (χ0v) is 22.0. The molecule has 0 aliphatic rings. The average molecular weight is 398 g/mol. The summed E-state index contributed by atoms with van der Waals surface area (Å²) in [5.74, 6) is 2.09. The molecule has 0 saturated heterocycles. The maximum Gasteiger partial charge on any atom is 0.547 e. The minimum atomic E-state index is -1.25. The van der Waals surface area contributed by atoms with Crippen molar-refractivity contribution in [2.75, 3.05) is 0 Å². The van der Waals surface area contributed by atoms with Gasteiger partial charge in [-0.3, -0.25) is 0 Å². The molecule has 0 unspecified atom stereocenters. The second-order valence-electron chi connectivity index (χ2n) is 8.68. The second-order valence-corrected chi connectivity index (χ2v) is 17.1. The zero-order chi connectivity index (χ0) is 19.4. The molecule has 144 valence electrons. The van der Waals surface area contributed by atoms with E-state index in [0.29, 0.717) is 17.8 Å². The maximum absolute atomic E-state index is 6.50. The number of hydrogen-bond acceptors (Lipinski definition) is 3. The fraction of sp³-hybridized carbons (Fsp3) is 1.00. The van der Waals surface area contributed by atoms with Gasteiger partial charge in [-0.25, -0.2) is 0 Å². The second kappa shape index (κ2) is 15.5. The van der Waals surface area contributed by atoms with Crippen LogP contribution in [0.3, 0.4) is 0 Å². The predicted octanol–water partition coefficient (Wildman–Crippen LogP) is 6.02. The molecule has 0 bridgehead atoms. The van der Waals surface area contributed by atoms with Crippen molar-refractivity contribution in [3.8, 4) is 0 Å². The summed E-state index contributed by atoms with van der Waals surface area (Å²) in [6, 6.07) is 0. The summed E-state index contributed by atoms with van der Waals surface area (Å²) in [6.45, 7) is 20.6. The zero-order valence-electron chi connectivity index (χ0n) is 18.5. The molecule has 0 atom stereocenters. The van der Waals surface area contributed by atoms with Gasteiger partial charge in [0.25, 0.3) is 0 Å². The molecule has 0 amide bonds. The van der Waals surface area contributed by atoms with E-state index >= 15 is 0 Å². The number of hydrogen-bond donors (Lipinski definition) is 0. The third-order valence-electron chi connectivity index (χ3n) is 4.48. The molecule has 0 N–H and O–H groups in total. The fourth-order valence-corrected chi connectivity index (χ4v) is 9.88. The summed E-state index contributed by atoms with van der Waals surface area (Å²) >= 11 is -3.74. The van der Waals surface area contributed by atoms with E-state index in [9.17, 15) is 0 Å². The molecule has 0 aromatic heterocycles. The lowest BCUT2D eigenvalue weighted by atomic mass is 10.3. The van der Waals surface area contributed by atoms with Crippen molar-refractivity contribution >= 4 is 50.8 Å². The Morgan fingerprint density at radius 2 is 0.800 bits per heavy atom. The van der Waals surface area contributed by atoms with E-state index in [1.54, 1.807) is 0 Å². The van der Waals surface area contributed by atoms with Crippen molar-refractivity contribution in [3.05, 3.63) is 0 Å². The van der Waals surface area contributed by atoms with Gasteiger partial charge in [-0.1, -0.05) is 112 Å². The van der Waals surface area contributed by atoms with Crippen molar-refractivity contribution in [2.24, 2.45) is 17.8 Å². The minimum Gasteiger partial charge on any atom is -0.521 e. The van der Waals surface area contributed by atoms with Gasteiger partial charge >= 0.3 is 50.8 Å². The van der Waals surface area contributed by atoms with Crippen molar-refractivity contribution in [1.82, 2.24) is 0 Å². The molecule has 0 rings (SSSR count). The molecule has 0 aliphatic carbocycles. The van der Waals surface area contributed by atoms with Gasteiger partial charge in [0.05, 0.1) is 0 Å². The van der Waals surface area contributed by atoms with Gasteiger partial charge < -0.3 is 11.1 Å². The molecule has 0 aromatic carbocycles. The first-order valence-corrected chi connectivity index (χ1v) is 17.0. The Morgan fingerprint density at radius 3 is 0.960 bits per heavy atom. The highest BCUT2D eigenvalue weighted by molar-refractivity contribution is 6.71. The highest BCUT2D eigenvalue weighted by Crippen LogP contribution is 2.18. The Bertz CT molecular complexity index is 272.